The highest BCUT2D eigenvalue weighted by Gasteiger charge is 2.43. The average Bonchev–Trinajstić information content (AvgIpc) is 2.67. The predicted molar refractivity (Wildman–Crippen MR) is 101 cm³/mol. The number of aliphatic imine (C=N–C) groups is 1. The molecule has 1 heterocycles. The molecule has 1 aliphatic heterocycles. The summed E-state index contributed by atoms with van der Waals surface area (Å²) in [6, 6.07) is 7.52. The third kappa shape index (κ3) is 3.95. The smallest absolute Gasteiger partial charge is 0.336 e. The van der Waals surface area contributed by atoms with E-state index in [0.29, 0.717) is 30.0 Å². The molecule has 0 radical (unpaired) electrons. The summed E-state index contributed by atoms with van der Waals surface area (Å²) in [7, 11) is 3.15. The van der Waals surface area contributed by atoms with Crippen molar-refractivity contribution in [2.45, 2.75) is 32.1 Å². The number of benzene rings is 1. The second kappa shape index (κ2) is 8.48. The Labute approximate surface area is 159 Å². The van der Waals surface area contributed by atoms with Crippen LogP contribution >= 0.6 is 0 Å². The van der Waals surface area contributed by atoms with E-state index in [2.05, 4.69) is 4.99 Å². The molecule has 0 N–H and O–H groups in total. The molecular weight excluding hydrogens is 346 g/mol. The molecule has 2 atom stereocenters. The Kier molecular flexibility index (Phi) is 6.06. The van der Waals surface area contributed by atoms with Crippen molar-refractivity contribution in [2.75, 3.05) is 27.4 Å². The van der Waals surface area contributed by atoms with Crippen LogP contribution in [0.15, 0.2) is 40.5 Å². The number of carbonyl (C=O) groups excluding carboxylic acids is 2. The van der Waals surface area contributed by atoms with E-state index in [1.165, 1.54) is 0 Å². The molecule has 1 saturated carbocycles. The maximum Gasteiger partial charge on any atom is 0.336 e. The van der Waals surface area contributed by atoms with Crippen molar-refractivity contribution in [1.29, 1.82) is 0 Å². The third-order valence-electron chi connectivity index (χ3n) is 5.10. The number of ketones is 1. The minimum Gasteiger partial charge on any atom is -0.497 e. The Morgan fingerprint density at radius 3 is 2.74 bits per heavy atom. The number of Topliss-reactive ketones (excluding diaryl/α,β-unsaturated/α-hetero) is 1. The molecule has 1 fully saturated rings. The first kappa shape index (κ1) is 19.3. The van der Waals surface area contributed by atoms with Gasteiger partial charge in [0, 0.05) is 30.9 Å². The fourth-order valence-corrected chi connectivity index (χ4v) is 3.88. The highest BCUT2D eigenvalue weighted by molar-refractivity contribution is 6.11. The number of hydrogen-bond acceptors (Lipinski definition) is 6. The van der Waals surface area contributed by atoms with Crippen molar-refractivity contribution in [3.63, 3.8) is 0 Å². The maximum absolute atomic E-state index is 12.9. The third-order valence-corrected chi connectivity index (χ3v) is 5.10. The van der Waals surface area contributed by atoms with Crippen LogP contribution in [0.4, 0.5) is 0 Å². The van der Waals surface area contributed by atoms with Gasteiger partial charge in [0.15, 0.2) is 0 Å². The van der Waals surface area contributed by atoms with Gasteiger partial charge >= 0.3 is 5.97 Å². The second-order valence-electron chi connectivity index (χ2n) is 6.78. The van der Waals surface area contributed by atoms with Crippen molar-refractivity contribution in [3.8, 4) is 5.75 Å². The zero-order valence-corrected chi connectivity index (χ0v) is 16.0. The van der Waals surface area contributed by atoms with Gasteiger partial charge in [-0.25, -0.2) is 4.79 Å². The number of carbonyl (C=O) groups is 2. The van der Waals surface area contributed by atoms with E-state index in [9.17, 15) is 9.59 Å². The lowest BCUT2D eigenvalue weighted by atomic mass is 9.69. The van der Waals surface area contributed by atoms with E-state index in [4.69, 9.17) is 14.2 Å². The molecule has 1 aromatic carbocycles. The number of ether oxygens (including phenoxy) is 3. The van der Waals surface area contributed by atoms with Gasteiger partial charge in [0.25, 0.3) is 0 Å². The average molecular weight is 371 g/mol. The molecule has 2 aliphatic rings. The standard InChI is InChI=1S/C21H25NO5/c1-13-18(21(24)27-11-10-25-2)19(14-6-4-7-15(12-14)26-3)20-16(22-13)8-5-9-17(20)23/h4,6-7,12,19-20H,5,8-11H2,1-3H3. The zero-order valence-electron chi connectivity index (χ0n) is 16.0. The highest BCUT2D eigenvalue weighted by atomic mass is 16.6. The molecule has 0 aromatic heterocycles. The number of allylic oxidation sites excluding steroid dienone is 1. The van der Waals surface area contributed by atoms with Crippen molar-refractivity contribution < 1.29 is 23.8 Å². The quantitative estimate of drug-likeness (QED) is 0.567. The number of hydrogen-bond donors (Lipinski definition) is 0. The van der Waals surface area contributed by atoms with Crippen molar-refractivity contribution in [1.82, 2.24) is 0 Å². The number of fused-ring (bicyclic) bond motifs is 1. The van der Waals surface area contributed by atoms with Crippen LogP contribution in [-0.4, -0.2) is 44.9 Å². The van der Waals surface area contributed by atoms with Gasteiger partial charge in [-0.15, -0.1) is 0 Å². The molecule has 1 aliphatic carbocycles. The summed E-state index contributed by atoms with van der Waals surface area (Å²) >= 11 is 0. The number of methoxy groups -OCH3 is 2. The lowest BCUT2D eigenvalue weighted by Gasteiger charge is -2.35. The Morgan fingerprint density at radius 1 is 1.19 bits per heavy atom. The molecule has 0 saturated heterocycles. The lowest BCUT2D eigenvalue weighted by molar-refractivity contribution is -0.140. The van der Waals surface area contributed by atoms with E-state index in [1.54, 1.807) is 14.2 Å². The van der Waals surface area contributed by atoms with Gasteiger partial charge in [0.05, 0.1) is 25.2 Å². The first-order valence-electron chi connectivity index (χ1n) is 9.17. The van der Waals surface area contributed by atoms with Gasteiger partial charge in [-0.3, -0.25) is 9.79 Å². The van der Waals surface area contributed by atoms with Gasteiger partial charge in [-0.05, 0) is 37.5 Å². The summed E-state index contributed by atoms with van der Waals surface area (Å²) in [4.78, 5) is 30.3. The second-order valence-corrected chi connectivity index (χ2v) is 6.78. The molecule has 2 unspecified atom stereocenters. The molecule has 6 heteroatoms. The molecule has 6 nitrogen and oxygen atoms in total. The molecule has 27 heavy (non-hydrogen) atoms. The molecule has 0 amide bonds. The lowest BCUT2D eigenvalue weighted by Crippen LogP contribution is -2.39. The monoisotopic (exact) mass is 371 g/mol. The number of esters is 1. The molecule has 0 spiro atoms. The van der Waals surface area contributed by atoms with E-state index in [-0.39, 0.29) is 12.4 Å². The van der Waals surface area contributed by atoms with Gasteiger partial charge in [-0.2, -0.15) is 0 Å². The van der Waals surface area contributed by atoms with Crippen LogP contribution in [0.1, 0.15) is 37.7 Å². The Hall–Kier alpha value is -2.47. The van der Waals surface area contributed by atoms with Crippen LogP contribution in [0.5, 0.6) is 5.75 Å². The van der Waals surface area contributed by atoms with Gasteiger partial charge in [-0.1, -0.05) is 12.1 Å². The van der Waals surface area contributed by atoms with Crippen LogP contribution in [0.25, 0.3) is 0 Å². The minimum absolute atomic E-state index is 0.127. The molecule has 0 bridgehead atoms. The normalized spacial score (nSPS) is 22.2. The van der Waals surface area contributed by atoms with Gasteiger partial charge < -0.3 is 14.2 Å². The van der Waals surface area contributed by atoms with Crippen LogP contribution < -0.4 is 4.74 Å². The summed E-state index contributed by atoms with van der Waals surface area (Å²) in [6.07, 6.45) is 2.09. The molecule has 144 valence electrons. The molecule has 3 rings (SSSR count). The Morgan fingerprint density at radius 2 is 2.00 bits per heavy atom. The van der Waals surface area contributed by atoms with E-state index < -0.39 is 17.8 Å². The van der Waals surface area contributed by atoms with Crippen molar-refractivity contribution >= 4 is 17.5 Å². The predicted octanol–water partition coefficient (Wildman–Crippen LogP) is 3.07. The largest absolute Gasteiger partial charge is 0.497 e. The van der Waals surface area contributed by atoms with E-state index in [1.807, 2.05) is 31.2 Å². The summed E-state index contributed by atoms with van der Waals surface area (Å²) in [5.74, 6) is -0.458. The summed E-state index contributed by atoms with van der Waals surface area (Å²) in [5.41, 5.74) is 2.79. The Bertz CT molecular complexity index is 796. The fraction of sp³-hybridized carbons (Fsp3) is 0.476. The van der Waals surface area contributed by atoms with Crippen molar-refractivity contribution in [3.05, 3.63) is 41.1 Å². The maximum atomic E-state index is 12.9. The van der Waals surface area contributed by atoms with Gasteiger partial charge in [0.2, 0.25) is 0 Å². The minimum atomic E-state index is -0.446. The fourth-order valence-electron chi connectivity index (χ4n) is 3.88. The van der Waals surface area contributed by atoms with Crippen LogP contribution in [-0.2, 0) is 19.1 Å². The number of nitrogens with zero attached hydrogens (tertiary/aromatic N) is 1. The molecular formula is C21H25NO5. The number of rotatable bonds is 6. The van der Waals surface area contributed by atoms with E-state index >= 15 is 0 Å². The summed E-state index contributed by atoms with van der Waals surface area (Å²) in [5, 5.41) is 0. The van der Waals surface area contributed by atoms with Crippen molar-refractivity contribution in [2.24, 2.45) is 10.9 Å². The first-order chi connectivity index (χ1) is 13.1. The van der Waals surface area contributed by atoms with Crippen LogP contribution in [0.2, 0.25) is 0 Å². The SMILES string of the molecule is COCCOC(=O)C1=C(C)N=C2CCCC(=O)C2C1c1cccc(OC)c1. The Balaban J connectivity index is 2.06. The molecule has 1 aromatic rings. The zero-order chi connectivity index (χ0) is 19.4. The first-order valence-corrected chi connectivity index (χ1v) is 9.17. The highest BCUT2D eigenvalue weighted by Crippen LogP contribution is 2.43. The van der Waals surface area contributed by atoms with E-state index in [0.717, 1.165) is 24.1 Å². The van der Waals surface area contributed by atoms with Crippen LogP contribution in [0.3, 0.4) is 0 Å². The van der Waals surface area contributed by atoms with Crippen LogP contribution in [0, 0.1) is 5.92 Å². The van der Waals surface area contributed by atoms with Gasteiger partial charge in [0.1, 0.15) is 18.1 Å². The summed E-state index contributed by atoms with van der Waals surface area (Å²) < 4.78 is 15.7. The summed E-state index contributed by atoms with van der Waals surface area (Å²) in [6.45, 7) is 2.29. The topological polar surface area (TPSA) is 74.2 Å².